The highest BCUT2D eigenvalue weighted by Gasteiger charge is 2.33. The topological polar surface area (TPSA) is 123 Å². The summed E-state index contributed by atoms with van der Waals surface area (Å²) in [5, 5.41) is 6.09. The van der Waals surface area contributed by atoms with Crippen LogP contribution in [0.25, 0.3) is 0 Å². The number of sulfone groups is 1. The van der Waals surface area contributed by atoms with E-state index >= 15 is 0 Å². The van der Waals surface area contributed by atoms with Crippen molar-refractivity contribution in [2.45, 2.75) is 82.2 Å². The van der Waals surface area contributed by atoms with Gasteiger partial charge in [0.2, 0.25) is 5.95 Å². The molecular formula is C32H40ClN5O5S. The number of halogens is 1. The maximum absolute atomic E-state index is 13.0. The lowest BCUT2D eigenvalue weighted by atomic mass is 9.82. The van der Waals surface area contributed by atoms with Crippen LogP contribution in [-0.4, -0.2) is 66.9 Å². The highest BCUT2D eigenvalue weighted by Crippen LogP contribution is 2.46. The van der Waals surface area contributed by atoms with Crippen molar-refractivity contribution >= 4 is 50.5 Å². The monoisotopic (exact) mass is 641 g/mol. The number of carbonyl (C=O) groups excluding carboxylic acids is 1. The van der Waals surface area contributed by atoms with Crippen molar-refractivity contribution in [1.29, 1.82) is 0 Å². The molecule has 10 nitrogen and oxygen atoms in total. The largest absolute Gasteiger partial charge is 0.488 e. The van der Waals surface area contributed by atoms with Gasteiger partial charge in [0.25, 0.3) is 5.91 Å². The number of anilines is 4. The first kappa shape index (κ1) is 32.0. The first-order chi connectivity index (χ1) is 20.9. The summed E-state index contributed by atoms with van der Waals surface area (Å²) in [6.45, 7) is 10.6. The molecule has 236 valence electrons. The van der Waals surface area contributed by atoms with Gasteiger partial charge >= 0.3 is 0 Å². The van der Waals surface area contributed by atoms with Gasteiger partial charge in [0.05, 0.1) is 27.7 Å². The molecule has 0 radical (unpaired) electrons. The van der Waals surface area contributed by atoms with Crippen LogP contribution in [0.5, 0.6) is 5.75 Å². The molecule has 12 heteroatoms. The number of carbonyl (C=O) groups is 1. The summed E-state index contributed by atoms with van der Waals surface area (Å²) in [6.07, 6.45) is 3.59. The Labute approximate surface area is 264 Å². The van der Waals surface area contributed by atoms with Crippen molar-refractivity contribution in [1.82, 2.24) is 14.9 Å². The first-order valence-electron chi connectivity index (χ1n) is 14.9. The Kier molecular flexibility index (Phi) is 9.38. The number of ether oxygens (including phenoxy) is 2. The average Bonchev–Trinajstić information content (AvgIpc) is 3.39. The molecule has 1 fully saturated rings. The number of methoxy groups -OCH3 is 1. The van der Waals surface area contributed by atoms with Gasteiger partial charge in [-0.2, -0.15) is 4.98 Å². The van der Waals surface area contributed by atoms with Crippen molar-refractivity contribution in [3.8, 4) is 5.75 Å². The van der Waals surface area contributed by atoms with E-state index in [1.807, 2.05) is 4.90 Å². The number of benzene rings is 2. The number of para-hydroxylation sites is 1. The summed E-state index contributed by atoms with van der Waals surface area (Å²) in [4.78, 5) is 23.7. The van der Waals surface area contributed by atoms with E-state index in [9.17, 15) is 13.2 Å². The second-order valence-electron chi connectivity index (χ2n) is 11.8. The SMILES string of the molecule is CO[C@@H](C)C(=O)N1CCC(c2c(C)cc(Nc3ncc(Cl)c(Nc4ccccc4S(=O)(=O)C(C)C)n3)c3c2C[C@@H](C)O3)CC1. The van der Waals surface area contributed by atoms with Crippen LogP contribution in [0.2, 0.25) is 5.02 Å². The third kappa shape index (κ3) is 6.36. The van der Waals surface area contributed by atoms with Gasteiger partial charge in [-0.1, -0.05) is 23.7 Å². The smallest absolute Gasteiger partial charge is 0.251 e. The van der Waals surface area contributed by atoms with E-state index in [0.29, 0.717) is 24.7 Å². The van der Waals surface area contributed by atoms with Gasteiger partial charge in [0.1, 0.15) is 23.0 Å². The molecule has 1 saturated heterocycles. The lowest BCUT2D eigenvalue weighted by Gasteiger charge is -2.35. The maximum atomic E-state index is 13.0. The van der Waals surface area contributed by atoms with Gasteiger partial charge in [0, 0.05) is 32.2 Å². The lowest BCUT2D eigenvalue weighted by molar-refractivity contribution is -0.142. The predicted octanol–water partition coefficient (Wildman–Crippen LogP) is 6.17. The van der Waals surface area contributed by atoms with Crippen molar-refractivity contribution in [2.24, 2.45) is 0 Å². The number of aryl methyl sites for hydroxylation is 1. The Bertz CT molecular complexity index is 1660. The number of hydrogen-bond donors (Lipinski definition) is 2. The summed E-state index contributed by atoms with van der Waals surface area (Å²) in [7, 11) is -1.99. The molecule has 44 heavy (non-hydrogen) atoms. The van der Waals surface area contributed by atoms with Gasteiger partial charge in [-0.15, -0.1) is 0 Å². The summed E-state index contributed by atoms with van der Waals surface area (Å²) < 4.78 is 37.5. The number of amides is 1. The van der Waals surface area contributed by atoms with Gasteiger partial charge in [-0.05, 0) is 82.7 Å². The fraction of sp³-hybridized carbons (Fsp3) is 0.469. The zero-order valence-corrected chi connectivity index (χ0v) is 27.6. The number of aromatic nitrogens is 2. The summed E-state index contributed by atoms with van der Waals surface area (Å²) in [6, 6.07) is 8.76. The van der Waals surface area contributed by atoms with E-state index in [-0.39, 0.29) is 33.7 Å². The van der Waals surface area contributed by atoms with Crippen LogP contribution >= 0.6 is 11.6 Å². The van der Waals surface area contributed by atoms with E-state index in [1.54, 1.807) is 52.1 Å². The summed E-state index contributed by atoms with van der Waals surface area (Å²) in [5.41, 5.74) is 4.75. The molecule has 0 saturated carbocycles. The van der Waals surface area contributed by atoms with Gasteiger partial charge < -0.3 is 25.0 Å². The molecule has 2 aliphatic heterocycles. The Morgan fingerprint density at radius 3 is 2.52 bits per heavy atom. The zero-order valence-electron chi connectivity index (χ0n) is 26.0. The van der Waals surface area contributed by atoms with Crippen molar-refractivity contribution in [3.05, 3.63) is 58.2 Å². The molecule has 2 aromatic carbocycles. The van der Waals surface area contributed by atoms with E-state index < -0.39 is 21.2 Å². The molecule has 5 rings (SSSR count). The second kappa shape index (κ2) is 12.9. The van der Waals surface area contributed by atoms with Crippen molar-refractivity contribution < 1.29 is 22.7 Å². The second-order valence-corrected chi connectivity index (χ2v) is 14.7. The fourth-order valence-corrected chi connectivity index (χ4v) is 7.33. The van der Waals surface area contributed by atoms with Crippen LogP contribution in [0.3, 0.4) is 0 Å². The van der Waals surface area contributed by atoms with Crippen LogP contribution in [0.15, 0.2) is 41.4 Å². The van der Waals surface area contributed by atoms with Crippen LogP contribution < -0.4 is 15.4 Å². The van der Waals surface area contributed by atoms with Crippen molar-refractivity contribution in [2.75, 3.05) is 30.8 Å². The predicted molar refractivity (Wildman–Crippen MR) is 172 cm³/mol. The van der Waals surface area contributed by atoms with Crippen LogP contribution in [-0.2, 0) is 25.8 Å². The number of likely N-dealkylation sites (tertiary alicyclic amines) is 1. The van der Waals surface area contributed by atoms with E-state index in [2.05, 4.69) is 40.5 Å². The van der Waals surface area contributed by atoms with Crippen LogP contribution in [0.1, 0.15) is 63.1 Å². The highest BCUT2D eigenvalue weighted by atomic mass is 35.5. The molecule has 0 spiro atoms. The molecular weight excluding hydrogens is 602 g/mol. The molecule has 1 aromatic heterocycles. The quantitative estimate of drug-likeness (QED) is 0.282. The first-order valence-corrected chi connectivity index (χ1v) is 16.9. The number of nitrogens with one attached hydrogen (secondary N) is 2. The van der Waals surface area contributed by atoms with E-state index in [1.165, 1.54) is 17.3 Å². The van der Waals surface area contributed by atoms with Crippen LogP contribution in [0.4, 0.5) is 23.1 Å². The summed E-state index contributed by atoms with van der Waals surface area (Å²) in [5.74, 6) is 1.70. The molecule has 3 heterocycles. The zero-order chi connectivity index (χ0) is 31.8. The molecule has 0 unspecified atom stereocenters. The van der Waals surface area contributed by atoms with E-state index in [4.69, 9.17) is 21.1 Å². The minimum absolute atomic E-state index is 0.0121. The highest BCUT2D eigenvalue weighted by molar-refractivity contribution is 7.92. The minimum atomic E-state index is -3.55. The van der Waals surface area contributed by atoms with Gasteiger partial charge in [-0.3, -0.25) is 4.79 Å². The number of fused-ring (bicyclic) bond motifs is 1. The maximum Gasteiger partial charge on any atom is 0.251 e. The number of nitrogens with zero attached hydrogens (tertiary/aromatic N) is 3. The average molecular weight is 642 g/mol. The number of rotatable bonds is 9. The Morgan fingerprint density at radius 1 is 1.14 bits per heavy atom. The van der Waals surface area contributed by atoms with E-state index in [0.717, 1.165) is 36.3 Å². The lowest BCUT2D eigenvalue weighted by Crippen LogP contribution is -2.43. The normalized spacial score (nSPS) is 17.7. The standard InChI is InChI=1S/C32H40ClN5O5S/c1-18(2)44(40,41)27-10-8-7-9-25(27)35-30-24(33)17-34-32(37-30)36-26-15-19(3)28(23-16-20(4)43-29(23)26)22-11-13-38(14-12-22)31(39)21(5)42-6/h7-10,15,17-18,20-22H,11-14,16H2,1-6H3,(H2,34,35,36,37)/t20-,21+/m1/s1. The Hall–Kier alpha value is -3.41. The molecule has 2 atom stereocenters. The molecule has 0 bridgehead atoms. The minimum Gasteiger partial charge on any atom is -0.488 e. The Balaban J connectivity index is 1.41. The molecule has 3 aromatic rings. The molecule has 2 aliphatic rings. The molecule has 0 aliphatic carbocycles. The summed E-state index contributed by atoms with van der Waals surface area (Å²) >= 11 is 6.46. The van der Waals surface area contributed by atoms with Gasteiger partial charge in [0.15, 0.2) is 15.7 Å². The van der Waals surface area contributed by atoms with Crippen molar-refractivity contribution in [3.63, 3.8) is 0 Å². The van der Waals surface area contributed by atoms with Crippen LogP contribution in [0, 0.1) is 6.92 Å². The number of hydrogen-bond acceptors (Lipinski definition) is 9. The van der Waals surface area contributed by atoms with Gasteiger partial charge in [-0.25, -0.2) is 13.4 Å². The molecule has 2 N–H and O–H groups in total. The Morgan fingerprint density at radius 2 is 1.84 bits per heavy atom. The third-order valence-corrected chi connectivity index (χ3v) is 10.9. The molecule has 1 amide bonds. The number of piperidine rings is 1. The fourth-order valence-electron chi connectivity index (χ4n) is 5.99. The third-order valence-electron chi connectivity index (χ3n) is 8.41.